The number of aliphatic hydroxyl groups excluding tert-OH is 3. The average molecular weight is 575 g/mol. The number of carbonyl (C=O) groups is 4. The number of hydrogen-bond acceptors (Lipinski definition) is 12. The highest BCUT2D eigenvalue weighted by atomic mass is 16.5. The predicted octanol–water partition coefficient (Wildman–Crippen LogP) is 0.640. The Morgan fingerprint density at radius 2 is 1.76 bits per heavy atom. The van der Waals surface area contributed by atoms with Crippen LogP contribution >= 0.6 is 0 Å². The van der Waals surface area contributed by atoms with Gasteiger partial charge >= 0.3 is 11.9 Å². The van der Waals surface area contributed by atoms with Gasteiger partial charge in [-0.3, -0.25) is 24.1 Å². The Bertz CT molecular complexity index is 1360. The molecule has 7 atom stereocenters. The normalized spacial score (nSPS) is 30.1. The van der Waals surface area contributed by atoms with E-state index in [0.717, 1.165) is 0 Å². The molecular formula is C28H34N2O11. The van der Waals surface area contributed by atoms with Crippen LogP contribution in [0.5, 0.6) is 5.75 Å². The number of likely N-dealkylation sites (N-methyl/N-ethyl adjacent to an activating group) is 1. The molecule has 0 radical (unpaired) electrons. The Morgan fingerprint density at radius 3 is 2.34 bits per heavy atom. The number of rotatable bonds is 8. The highest BCUT2D eigenvalue weighted by molar-refractivity contribution is 6.16. The average Bonchev–Trinajstić information content (AvgIpc) is 2.88. The number of Topliss-reactive ketones (excluding diaryl/α,β-unsaturated/α-hetero) is 2. The highest BCUT2D eigenvalue weighted by Crippen LogP contribution is 2.56. The number of phenolic OH excluding ortho intramolecular Hbond substituents is 1. The first kappa shape index (κ1) is 30.2. The summed E-state index contributed by atoms with van der Waals surface area (Å²) < 4.78 is 5.88. The molecule has 1 unspecified atom stereocenters. The minimum Gasteiger partial charge on any atom is -0.510 e. The summed E-state index contributed by atoms with van der Waals surface area (Å²) in [5, 5.41) is 64.3. The molecule has 3 aliphatic rings. The lowest BCUT2D eigenvalue weighted by molar-refractivity contribution is -0.181. The second-order valence-electron chi connectivity index (χ2n) is 11.0. The van der Waals surface area contributed by atoms with Gasteiger partial charge in [0, 0.05) is 24.3 Å². The Kier molecular flexibility index (Phi) is 8.02. The minimum atomic E-state index is -2.96. The van der Waals surface area contributed by atoms with Crippen molar-refractivity contribution >= 4 is 23.5 Å². The van der Waals surface area contributed by atoms with Crippen LogP contribution in [-0.4, -0.2) is 97.1 Å². The van der Waals surface area contributed by atoms with Crippen molar-refractivity contribution in [3.63, 3.8) is 0 Å². The van der Waals surface area contributed by atoms with Gasteiger partial charge in [0.2, 0.25) is 5.78 Å². The van der Waals surface area contributed by atoms with Crippen molar-refractivity contribution in [3.8, 4) is 5.75 Å². The van der Waals surface area contributed by atoms with Gasteiger partial charge in [0.25, 0.3) is 0 Å². The van der Waals surface area contributed by atoms with Crippen molar-refractivity contribution in [3.05, 3.63) is 52.0 Å². The maximum absolute atomic E-state index is 13.8. The van der Waals surface area contributed by atoms with E-state index in [2.05, 4.69) is 0 Å². The van der Waals surface area contributed by atoms with Gasteiger partial charge < -0.3 is 41.1 Å². The minimum absolute atomic E-state index is 0.150. The van der Waals surface area contributed by atoms with E-state index < -0.39 is 93.6 Å². The highest BCUT2D eigenvalue weighted by Gasteiger charge is 2.68. The monoisotopic (exact) mass is 574 g/mol. The van der Waals surface area contributed by atoms with Crippen LogP contribution in [0.2, 0.25) is 0 Å². The first-order chi connectivity index (χ1) is 19.2. The topological polar surface area (TPSA) is 228 Å². The van der Waals surface area contributed by atoms with Gasteiger partial charge in [-0.2, -0.15) is 0 Å². The van der Waals surface area contributed by atoms with Crippen LogP contribution in [0.25, 0.3) is 0 Å². The maximum Gasteiger partial charge on any atom is 0.306 e. The summed E-state index contributed by atoms with van der Waals surface area (Å²) >= 11 is 0. The number of carbonyl (C=O) groups excluding carboxylic acids is 3. The number of benzene rings is 1. The molecule has 13 heteroatoms. The summed E-state index contributed by atoms with van der Waals surface area (Å²) in [6, 6.07) is 3.05. The zero-order valence-electron chi connectivity index (χ0n) is 22.8. The summed E-state index contributed by atoms with van der Waals surface area (Å²) in [6.45, 7) is 1.67. The smallest absolute Gasteiger partial charge is 0.306 e. The van der Waals surface area contributed by atoms with Gasteiger partial charge in [-0.05, 0) is 44.5 Å². The number of nitrogens with zero attached hydrogens (tertiary/aromatic N) is 1. The van der Waals surface area contributed by atoms with Crippen molar-refractivity contribution in [2.75, 3.05) is 14.1 Å². The lowest BCUT2D eigenvalue weighted by Crippen LogP contribution is -2.69. The fourth-order valence-electron chi connectivity index (χ4n) is 6.52. The fourth-order valence-corrected chi connectivity index (χ4v) is 6.52. The van der Waals surface area contributed by atoms with Crippen LogP contribution in [0.3, 0.4) is 0 Å². The zero-order chi connectivity index (χ0) is 30.5. The van der Waals surface area contributed by atoms with Gasteiger partial charge in [-0.1, -0.05) is 19.1 Å². The Morgan fingerprint density at radius 1 is 1.12 bits per heavy atom. The molecular weight excluding hydrogens is 540 g/mol. The largest absolute Gasteiger partial charge is 0.510 e. The second-order valence-corrected chi connectivity index (χ2v) is 11.0. The molecule has 3 aliphatic carbocycles. The Labute approximate surface area is 235 Å². The number of fused-ring (bicyclic) bond motifs is 3. The standard InChI is InChI=1S/C28H34N2O11/c1-11-12-7-6-8-13(31)17(12)22(35)18-16(11)24(41-15(34)10-5-4-9-14(32)33)20-21(30(2)3)23(36)19(27(29)39)26(38)28(20,40)25(18)37/h6-8,11,16,20-21,24,27,31,36-37,39-40H,4-5,9-10,29H2,1-3H3,(H,32,33)/t11-,16+,20+,21-,24-,27?,28-/m0/s1. The SMILES string of the molecule is C[C@H]1c2cccc(O)c2C(=O)C2=C(O)[C@]3(O)C(=O)C(C(N)O)=C(O)[C@@H](N(C)C)[C@@H]3[C@@H](OC(=O)CCCCC(=O)O)[C@@H]21. The van der Waals surface area contributed by atoms with Crippen molar-refractivity contribution in [1.82, 2.24) is 4.90 Å². The number of aliphatic carboxylic acids is 1. The number of aromatic hydroxyl groups is 1. The number of carboxylic acid groups (broad SMARTS) is 1. The lowest BCUT2D eigenvalue weighted by Gasteiger charge is -2.54. The number of hydrogen-bond donors (Lipinski definition) is 7. The summed E-state index contributed by atoms with van der Waals surface area (Å²) in [7, 11) is 2.98. The van der Waals surface area contributed by atoms with E-state index in [1.165, 1.54) is 31.1 Å². The number of unbranched alkanes of at least 4 members (excludes halogenated alkanes) is 1. The van der Waals surface area contributed by atoms with E-state index in [1.807, 2.05) is 0 Å². The van der Waals surface area contributed by atoms with E-state index in [0.29, 0.717) is 5.56 Å². The molecule has 0 heterocycles. The fraction of sp³-hybridized carbons (Fsp3) is 0.500. The number of aliphatic hydroxyl groups is 4. The quantitative estimate of drug-likeness (QED) is 0.129. The molecule has 4 rings (SSSR count). The van der Waals surface area contributed by atoms with Crippen molar-refractivity contribution < 1.29 is 54.6 Å². The van der Waals surface area contributed by atoms with Crippen molar-refractivity contribution in [1.29, 1.82) is 0 Å². The van der Waals surface area contributed by atoms with Crippen LogP contribution in [0.4, 0.5) is 0 Å². The third kappa shape index (κ3) is 4.68. The molecule has 0 amide bonds. The van der Waals surface area contributed by atoms with Gasteiger partial charge in [-0.15, -0.1) is 0 Å². The van der Waals surface area contributed by atoms with Gasteiger partial charge in [0.1, 0.15) is 29.6 Å². The number of ether oxygens (including phenoxy) is 1. The van der Waals surface area contributed by atoms with E-state index in [1.54, 1.807) is 13.0 Å². The van der Waals surface area contributed by atoms with Gasteiger partial charge in [0.15, 0.2) is 11.4 Å². The molecule has 0 bridgehead atoms. The molecule has 0 spiro atoms. The molecule has 0 aromatic heterocycles. The Balaban J connectivity index is 1.94. The molecule has 1 aromatic carbocycles. The van der Waals surface area contributed by atoms with Crippen molar-refractivity contribution in [2.45, 2.75) is 62.5 Å². The summed E-state index contributed by atoms with van der Waals surface area (Å²) in [4.78, 5) is 52.9. The predicted molar refractivity (Wildman–Crippen MR) is 141 cm³/mol. The zero-order valence-corrected chi connectivity index (χ0v) is 22.8. The summed E-state index contributed by atoms with van der Waals surface area (Å²) in [6.07, 6.45) is -3.61. The van der Waals surface area contributed by atoms with E-state index >= 15 is 0 Å². The molecule has 13 nitrogen and oxygen atoms in total. The number of phenols is 1. The Hall–Kier alpha value is -3.78. The number of esters is 1. The maximum atomic E-state index is 13.8. The van der Waals surface area contributed by atoms with Crippen LogP contribution in [0.15, 0.2) is 40.9 Å². The van der Waals surface area contributed by atoms with Gasteiger partial charge in [0.05, 0.1) is 23.1 Å². The molecule has 1 aromatic rings. The molecule has 0 saturated carbocycles. The van der Waals surface area contributed by atoms with Gasteiger partial charge in [-0.25, -0.2) is 0 Å². The summed E-state index contributed by atoms with van der Waals surface area (Å²) in [5.41, 5.74) is 1.60. The second kappa shape index (κ2) is 10.9. The third-order valence-electron chi connectivity index (χ3n) is 8.34. The molecule has 8 N–H and O–H groups in total. The van der Waals surface area contributed by atoms with E-state index in [9.17, 15) is 44.7 Å². The van der Waals surface area contributed by atoms with Crippen LogP contribution in [-0.2, 0) is 19.1 Å². The number of ketones is 2. The molecule has 0 saturated heterocycles. The van der Waals surface area contributed by atoms with Crippen LogP contribution in [0.1, 0.15) is 54.4 Å². The van der Waals surface area contributed by atoms with E-state index in [-0.39, 0.29) is 31.2 Å². The van der Waals surface area contributed by atoms with Crippen molar-refractivity contribution in [2.24, 2.45) is 17.6 Å². The number of carboxylic acids is 1. The third-order valence-corrected chi connectivity index (χ3v) is 8.34. The first-order valence-corrected chi connectivity index (χ1v) is 13.2. The first-order valence-electron chi connectivity index (χ1n) is 13.2. The number of nitrogens with two attached hydrogens (primary N) is 1. The van der Waals surface area contributed by atoms with E-state index in [4.69, 9.17) is 15.6 Å². The molecule has 0 aliphatic heterocycles. The van der Waals surface area contributed by atoms with Crippen LogP contribution < -0.4 is 5.73 Å². The molecule has 222 valence electrons. The molecule has 0 fully saturated rings. The molecule has 41 heavy (non-hydrogen) atoms. The summed E-state index contributed by atoms with van der Waals surface area (Å²) in [5.74, 6) is -9.65. The van der Waals surface area contributed by atoms with Crippen LogP contribution in [0, 0.1) is 11.8 Å². The lowest BCUT2D eigenvalue weighted by atomic mass is 9.55.